The summed E-state index contributed by atoms with van der Waals surface area (Å²) in [4.78, 5) is 10.9. The van der Waals surface area contributed by atoms with Crippen LogP contribution in [-0.2, 0) is 17.7 Å². The van der Waals surface area contributed by atoms with Gasteiger partial charge >= 0.3 is 0 Å². The van der Waals surface area contributed by atoms with Crippen molar-refractivity contribution in [3.05, 3.63) is 35.7 Å². The van der Waals surface area contributed by atoms with E-state index < -0.39 is 0 Å². The summed E-state index contributed by atoms with van der Waals surface area (Å²) in [6.07, 6.45) is 4.47. The molecule has 1 saturated carbocycles. The molecule has 0 aliphatic heterocycles. The second-order valence-electron chi connectivity index (χ2n) is 7.31. The van der Waals surface area contributed by atoms with Gasteiger partial charge < -0.3 is 19.5 Å². The lowest BCUT2D eigenvalue weighted by atomic mass is 10.1. The molecule has 7 nitrogen and oxygen atoms in total. The molecule has 1 heterocycles. The normalized spacial score (nSPS) is 13.8. The molecule has 0 saturated heterocycles. The van der Waals surface area contributed by atoms with Gasteiger partial charge in [0.2, 0.25) is 0 Å². The summed E-state index contributed by atoms with van der Waals surface area (Å²) in [6.45, 7) is 5.20. The van der Waals surface area contributed by atoms with Gasteiger partial charge in [-0.2, -0.15) is 4.98 Å². The SMILES string of the molecule is CCCc1noc(-c2cccc(CNC(=NC)N(C)CCOCC3CC3)c2)n1.I. The Bertz CT molecular complexity index is 776. The molecule has 1 aromatic heterocycles. The Morgan fingerprint density at radius 1 is 1.38 bits per heavy atom. The van der Waals surface area contributed by atoms with Crippen LogP contribution in [0.3, 0.4) is 0 Å². The average molecular weight is 513 g/mol. The topological polar surface area (TPSA) is 75.8 Å². The van der Waals surface area contributed by atoms with Crippen molar-refractivity contribution in [2.75, 3.05) is 33.9 Å². The number of aliphatic imine (C=N–C) groups is 1. The van der Waals surface area contributed by atoms with E-state index in [0.29, 0.717) is 12.4 Å². The van der Waals surface area contributed by atoms with Crippen LogP contribution >= 0.6 is 24.0 Å². The molecule has 8 heteroatoms. The molecule has 1 aliphatic rings. The van der Waals surface area contributed by atoms with Crippen LogP contribution < -0.4 is 5.32 Å². The molecular weight excluding hydrogens is 481 g/mol. The second-order valence-corrected chi connectivity index (χ2v) is 7.31. The first-order valence-electron chi connectivity index (χ1n) is 10.1. The highest BCUT2D eigenvalue weighted by Gasteiger charge is 2.21. The predicted molar refractivity (Wildman–Crippen MR) is 126 cm³/mol. The fourth-order valence-corrected chi connectivity index (χ4v) is 2.92. The second kappa shape index (κ2) is 12.1. The van der Waals surface area contributed by atoms with Gasteiger partial charge in [0, 0.05) is 45.8 Å². The number of hydrogen-bond acceptors (Lipinski definition) is 5. The molecule has 0 radical (unpaired) electrons. The molecule has 1 aliphatic carbocycles. The monoisotopic (exact) mass is 513 g/mol. The number of hydrogen-bond donors (Lipinski definition) is 1. The highest BCUT2D eigenvalue weighted by atomic mass is 127. The Kier molecular flexibility index (Phi) is 9.86. The van der Waals surface area contributed by atoms with Crippen LogP contribution in [0.2, 0.25) is 0 Å². The maximum atomic E-state index is 5.72. The molecule has 0 bridgehead atoms. The first-order valence-corrected chi connectivity index (χ1v) is 10.1. The van der Waals surface area contributed by atoms with Gasteiger partial charge in [-0.1, -0.05) is 24.2 Å². The van der Waals surface area contributed by atoms with Crippen molar-refractivity contribution in [1.82, 2.24) is 20.4 Å². The minimum atomic E-state index is 0. The number of nitrogens with one attached hydrogen (secondary N) is 1. The van der Waals surface area contributed by atoms with Gasteiger partial charge in [0.15, 0.2) is 11.8 Å². The Morgan fingerprint density at radius 2 is 2.21 bits per heavy atom. The lowest BCUT2D eigenvalue weighted by Crippen LogP contribution is -2.40. The summed E-state index contributed by atoms with van der Waals surface area (Å²) in [6, 6.07) is 8.15. The highest BCUT2D eigenvalue weighted by molar-refractivity contribution is 14.0. The third-order valence-electron chi connectivity index (χ3n) is 4.76. The minimum absolute atomic E-state index is 0. The van der Waals surface area contributed by atoms with E-state index in [2.05, 4.69) is 44.4 Å². The van der Waals surface area contributed by atoms with Crippen molar-refractivity contribution >= 4 is 29.9 Å². The predicted octanol–water partition coefficient (Wildman–Crippen LogP) is 3.74. The average Bonchev–Trinajstić information content (AvgIpc) is 3.42. The lowest BCUT2D eigenvalue weighted by Gasteiger charge is -2.22. The van der Waals surface area contributed by atoms with Crippen LogP contribution in [0.15, 0.2) is 33.8 Å². The van der Waals surface area contributed by atoms with Crippen molar-refractivity contribution in [1.29, 1.82) is 0 Å². The lowest BCUT2D eigenvalue weighted by molar-refractivity contribution is 0.115. The number of guanidine groups is 1. The number of ether oxygens (including phenoxy) is 1. The largest absolute Gasteiger partial charge is 0.379 e. The van der Waals surface area contributed by atoms with Crippen LogP contribution in [0.4, 0.5) is 0 Å². The molecule has 29 heavy (non-hydrogen) atoms. The van der Waals surface area contributed by atoms with E-state index in [9.17, 15) is 0 Å². The number of likely N-dealkylation sites (N-methyl/N-ethyl adjacent to an activating group) is 1. The van der Waals surface area contributed by atoms with E-state index in [-0.39, 0.29) is 24.0 Å². The molecule has 0 atom stereocenters. The number of aryl methyl sites for hydroxylation is 1. The molecule has 2 aromatic rings. The van der Waals surface area contributed by atoms with Gasteiger partial charge in [0.25, 0.3) is 5.89 Å². The number of aromatic nitrogens is 2. The van der Waals surface area contributed by atoms with Crippen LogP contribution in [0.5, 0.6) is 0 Å². The third kappa shape index (κ3) is 7.58. The molecule has 3 rings (SSSR count). The summed E-state index contributed by atoms with van der Waals surface area (Å²) in [5, 5.41) is 7.44. The molecule has 160 valence electrons. The van der Waals surface area contributed by atoms with Crippen LogP contribution in [0.1, 0.15) is 37.6 Å². The van der Waals surface area contributed by atoms with Crippen LogP contribution in [-0.4, -0.2) is 54.9 Å². The maximum absolute atomic E-state index is 5.72. The molecule has 0 spiro atoms. The molecule has 0 unspecified atom stereocenters. The quantitative estimate of drug-likeness (QED) is 0.226. The Hall–Kier alpha value is -1.68. The van der Waals surface area contributed by atoms with E-state index in [0.717, 1.165) is 61.4 Å². The van der Waals surface area contributed by atoms with Crippen molar-refractivity contribution in [3.8, 4) is 11.5 Å². The van der Waals surface area contributed by atoms with Gasteiger partial charge in [-0.3, -0.25) is 4.99 Å². The Morgan fingerprint density at radius 3 is 2.93 bits per heavy atom. The van der Waals surface area contributed by atoms with E-state index in [4.69, 9.17) is 9.26 Å². The van der Waals surface area contributed by atoms with E-state index in [1.807, 2.05) is 19.2 Å². The summed E-state index contributed by atoms with van der Waals surface area (Å²) < 4.78 is 11.1. The molecule has 1 aromatic carbocycles. The first kappa shape index (κ1) is 23.6. The maximum Gasteiger partial charge on any atom is 0.257 e. The summed E-state index contributed by atoms with van der Waals surface area (Å²) in [5.74, 6) is 2.97. The minimum Gasteiger partial charge on any atom is -0.379 e. The Balaban J connectivity index is 0.00000300. The molecular formula is C21H32IN5O2. The van der Waals surface area contributed by atoms with Crippen molar-refractivity contribution in [2.24, 2.45) is 10.9 Å². The van der Waals surface area contributed by atoms with Crippen molar-refractivity contribution in [2.45, 2.75) is 39.2 Å². The first-order chi connectivity index (χ1) is 13.7. The van der Waals surface area contributed by atoms with Crippen LogP contribution in [0.25, 0.3) is 11.5 Å². The fourth-order valence-electron chi connectivity index (χ4n) is 2.92. The third-order valence-corrected chi connectivity index (χ3v) is 4.76. The highest BCUT2D eigenvalue weighted by Crippen LogP contribution is 2.28. The van der Waals surface area contributed by atoms with Crippen molar-refractivity contribution in [3.63, 3.8) is 0 Å². The van der Waals surface area contributed by atoms with Gasteiger partial charge in [-0.05, 0) is 42.9 Å². The zero-order valence-electron chi connectivity index (χ0n) is 17.6. The van der Waals surface area contributed by atoms with Crippen molar-refractivity contribution < 1.29 is 9.26 Å². The Labute approximate surface area is 190 Å². The van der Waals surface area contributed by atoms with E-state index in [1.165, 1.54) is 12.8 Å². The van der Waals surface area contributed by atoms with E-state index in [1.54, 1.807) is 7.05 Å². The summed E-state index contributed by atoms with van der Waals surface area (Å²) in [7, 11) is 3.83. The molecule has 1 fully saturated rings. The molecule has 0 amide bonds. The number of halogens is 1. The van der Waals surface area contributed by atoms with E-state index >= 15 is 0 Å². The standard InChI is InChI=1S/C21H31N5O2.HI/c1-4-6-19-24-20(28-25-19)18-8-5-7-17(13-18)14-23-21(22-2)26(3)11-12-27-15-16-9-10-16;/h5,7-8,13,16H,4,6,9-12,14-15H2,1-3H3,(H,22,23);1H. The number of rotatable bonds is 10. The molecule has 1 N–H and O–H groups in total. The number of benzene rings is 1. The van der Waals surface area contributed by atoms with Gasteiger partial charge in [0.05, 0.1) is 6.61 Å². The summed E-state index contributed by atoms with van der Waals surface area (Å²) in [5.41, 5.74) is 2.07. The zero-order valence-corrected chi connectivity index (χ0v) is 19.9. The summed E-state index contributed by atoms with van der Waals surface area (Å²) >= 11 is 0. The van der Waals surface area contributed by atoms with Gasteiger partial charge in [-0.25, -0.2) is 0 Å². The van der Waals surface area contributed by atoms with Gasteiger partial charge in [0.1, 0.15) is 0 Å². The smallest absolute Gasteiger partial charge is 0.257 e. The number of nitrogens with zero attached hydrogens (tertiary/aromatic N) is 4. The van der Waals surface area contributed by atoms with Crippen LogP contribution in [0, 0.1) is 5.92 Å². The zero-order chi connectivity index (χ0) is 19.8. The van der Waals surface area contributed by atoms with Gasteiger partial charge in [-0.15, -0.1) is 24.0 Å². The fraction of sp³-hybridized carbons (Fsp3) is 0.571.